The van der Waals surface area contributed by atoms with Crippen LogP contribution in [0.1, 0.15) is 17.5 Å². The van der Waals surface area contributed by atoms with E-state index in [2.05, 4.69) is 31.0 Å². The molecule has 40 heavy (non-hydrogen) atoms. The Labute approximate surface area is 226 Å². The number of urea groups is 1. The number of rotatable bonds is 12. The molecule has 0 saturated heterocycles. The Morgan fingerprint density at radius 1 is 0.925 bits per heavy atom. The first-order valence-corrected chi connectivity index (χ1v) is 12.0. The number of alkyl carbamates (subject to hydrolysis) is 1. The van der Waals surface area contributed by atoms with Gasteiger partial charge in [0.1, 0.15) is 18.1 Å². The molecule has 1 heterocycles. The fraction of sp³-hybridized carbons (Fsp3) is 0.280. The normalized spacial score (nSPS) is 10.8. The van der Waals surface area contributed by atoms with Gasteiger partial charge >= 0.3 is 18.5 Å². The first kappa shape index (κ1) is 29.6. The number of halogens is 3. The summed E-state index contributed by atoms with van der Waals surface area (Å²) in [6.07, 6.45) is -4.02. The molecule has 0 aliphatic rings. The summed E-state index contributed by atoms with van der Waals surface area (Å²) in [6, 6.07) is 12.8. The van der Waals surface area contributed by atoms with Crippen LogP contribution >= 0.6 is 0 Å². The molecule has 0 saturated carbocycles. The third-order valence-electron chi connectivity index (χ3n) is 4.87. The monoisotopic (exact) mass is 564 g/mol. The molecule has 4 N–H and O–H groups in total. The highest BCUT2D eigenvalue weighted by Crippen LogP contribution is 2.24. The number of ether oxygens (including phenoxy) is 3. The van der Waals surface area contributed by atoms with Crippen LogP contribution in [0.25, 0.3) is 0 Å². The van der Waals surface area contributed by atoms with Crippen LogP contribution in [0.15, 0.2) is 60.8 Å². The molecule has 0 bridgehead atoms. The van der Waals surface area contributed by atoms with Crippen molar-refractivity contribution in [2.75, 3.05) is 36.9 Å². The lowest BCUT2D eigenvalue weighted by atomic mass is 10.3. The van der Waals surface area contributed by atoms with Crippen molar-refractivity contribution < 1.29 is 41.8 Å². The van der Waals surface area contributed by atoms with E-state index in [1.54, 1.807) is 19.1 Å². The Balaban J connectivity index is 1.62. The summed E-state index contributed by atoms with van der Waals surface area (Å²) in [7, 11) is 0. The minimum Gasteiger partial charge on any atom is -0.492 e. The van der Waals surface area contributed by atoms with Gasteiger partial charge in [0.05, 0.1) is 13.2 Å². The maximum absolute atomic E-state index is 12.8. The summed E-state index contributed by atoms with van der Waals surface area (Å²) in [6.45, 7) is 2.46. The average molecular weight is 565 g/mol. The Bertz CT molecular complexity index is 1270. The third kappa shape index (κ3) is 10.1. The lowest BCUT2D eigenvalue weighted by molar-refractivity contribution is -0.274. The van der Waals surface area contributed by atoms with Crippen LogP contribution in [-0.2, 0) is 11.3 Å². The summed E-state index contributed by atoms with van der Waals surface area (Å²) in [4.78, 5) is 40.8. The van der Waals surface area contributed by atoms with E-state index in [1.165, 1.54) is 22.9 Å². The summed E-state index contributed by atoms with van der Waals surface area (Å²) < 4.78 is 52.7. The van der Waals surface area contributed by atoms with Gasteiger partial charge in [0, 0.05) is 25.0 Å². The van der Waals surface area contributed by atoms with Gasteiger partial charge in [0.25, 0.3) is 5.91 Å². The highest BCUT2D eigenvalue weighted by atomic mass is 19.4. The average Bonchev–Trinajstić information content (AvgIpc) is 3.30. The number of hydrogen-bond acceptors (Lipinski definition) is 7. The Morgan fingerprint density at radius 3 is 2.30 bits per heavy atom. The van der Waals surface area contributed by atoms with Crippen molar-refractivity contribution in [2.45, 2.75) is 19.8 Å². The first-order chi connectivity index (χ1) is 19.1. The zero-order valence-electron chi connectivity index (χ0n) is 21.3. The van der Waals surface area contributed by atoms with Crippen LogP contribution < -0.4 is 30.7 Å². The number of para-hydroxylation sites is 1. The number of nitrogens with zero attached hydrogens (tertiary/aromatic N) is 2. The highest BCUT2D eigenvalue weighted by molar-refractivity contribution is 5.99. The SMILES string of the molecule is CCOC(=O)NCCNC(=O)c1nc(NC(=O)Nc2ccc(OC(F)(F)F)cc2)cn1CCOc1ccccc1. The summed E-state index contributed by atoms with van der Waals surface area (Å²) >= 11 is 0. The maximum atomic E-state index is 12.8. The molecule has 0 spiro atoms. The van der Waals surface area contributed by atoms with E-state index in [1.807, 2.05) is 18.2 Å². The Morgan fingerprint density at radius 2 is 1.62 bits per heavy atom. The molecule has 0 fully saturated rings. The number of carbonyl (C=O) groups is 3. The van der Waals surface area contributed by atoms with Crippen LogP contribution in [0.4, 0.5) is 34.3 Å². The Hall–Kier alpha value is -4.95. The van der Waals surface area contributed by atoms with Crippen LogP contribution in [0.2, 0.25) is 0 Å². The van der Waals surface area contributed by atoms with E-state index in [0.717, 1.165) is 12.1 Å². The molecule has 0 unspecified atom stereocenters. The molecule has 0 aliphatic heterocycles. The molecule has 3 rings (SSSR count). The topological polar surface area (TPSA) is 145 Å². The number of anilines is 2. The number of amides is 4. The molecule has 0 atom stereocenters. The maximum Gasteiger partial charge on any atom is 0.573 e. The van der Waals surface area contributed by atoms with Crippen molar-refractivity contribution in [3.8, 4) is 11.5 Å². The molecule has 3 aromatic rings. The molecule has 1 aromatic heterocycles. The van der Waals surface area contributed by atoms with Gasteiger partial charge in [-0.3, -0.25) is 10.1 Å². The molecule has 0 radical (unpaired) electrons. The minimum atomic E-state index is -4.83. The van der Waals surface area contributed by atoms with Gasteiger partial charge in [-0.05, 0) is 43.3 Å². The largest absolute Gasteiger partial charge is 0.573 e. The number of benzene rings is 2. The van der Waals surface area contributed by atoms with Crippen LogP contribution in [0, 0.1) is 0 Å². The lowest BCUT2D eigenvalue weighted by Gasteiger charge is -2.10. The standard InChI is InChI=1S/C25H27F3N6O6/c1-2-38-24(37)30-13-12-29-22(35)21-32-20(16-34(21)14-15-39-18-6-4-3-5-7-18)33-23(36)31-17-8-10-19(11-9-17)40-25(26,27)28/h3-11,16H,2,12-15H2,1H3,(H,29,35)(H,30,37)(H2,31,33,36). The van der Waals surface area contributed by atoms with E-state index in [0.29, 0.717) is 5.75 Å². The van der Waals surface area contributed by atoms with Gasteiger partial charge in [-0.25, -0.2) is 14.6 Å². The zero-order valence-corrected chi connectivity index (χ0v) is 21.3. The summed E-state index contributed by atoms with van der Waals surface area (Å²) in [5.74, 6) is -0.383. The lowest BCUT2D eigenvalue weighted by Crippen LogP contribution is -2.36. The second-order valence-electron chi connectivity index (χ2n) is 7.86. The van der Waals surface area contributed by atoms with Gasteiger partial charge < -0.3 is 34.7 Å². The molecular formula is C25H27F3N6O6. The summed E-state index contributed by atoms with van der Waals surface area (Å²) in [5, 5.41) is 10.0. The number of alkyl halides is 3. The minimum absolute atomic E-state index is 0.0308. The fourth-order valence-electron chi connectivity index (χ4n) is 3.23. The smallest absolute Gasteiger partial charge is 0.492 e. The predicted octanol–water partition coefficient (Wildman–Crippen LogP) is 3.98. The third-order valence-corrected chi connectivity index (χ3v) is 4.87. The van der Waals surface area contributed by atoms with Gasteiger partial charge in [0.2, 0.25) is 5.82 Å². The molecule has 214 valence electrons. The number of imidazole rings is 1. The first-order valence-electron chi connectivity index (χ1n) is 12.0. The van der Waals surface area contributed by atoms with Gasteiger partial charge in [-0.1, -0.05) is 18.2 Å². The van der Waals surface area contributed by atoms with Crippen molar-refractivity contribution in [1.82, 2.24) is 20.2 Å². The molecule has 0 aliphatic carbocycles. The number of aromatic nitrogens is 2. The Kier molecular flexibility index (Phi) is 10.6. The molecule has 2 aromatic carbocycles. The van der Waals surface area contributed by atoms with Gasteiger partial charge in [-0.15, -0.1) is 13.2 Å². The number of carbonyl (C=O) groups excluding carboxylic acids is 3. The molecule has 12 nitrogen and oxygen atoms in total. The van der Waals surface area contributed by atoms with E-state index in [4.69, 9.17) is 9.47 Å². The van der Waals surface area contributed by atoms with Crippen LogP contribution in [0.3, 0.4) is 0 Å². The summed E-state index contributed by atoms with van der Waals surface area (Å²) in [5.41, 5.74) is 0.190. The van der Waals surface area contributed by atoms with Gasteiger partial charge in [-0.2, -0.15) is 0 Å². The van der Waals surface area contributed by atoms with Crippen molar-refractivity contribution in [2.24, 2.45) is 0 Å². The number of hydrogen-bond donors (Lipinski definition) is 4. The highest BCUT2D eigenvalue weighted by Gasteiger charge is 2.31. The van der Waals surface area contributed by atoms with Crippen LogP contribution in [-0.4, -0.2) is 60.2 Å². The van der Waals surface area contributed by atoms with Gasteiger partial charge in [0.15, 0.2) is 5.82 Å². The fourth-order valence-corrected chi connectivity index (χ4v) is 3.23. The van der Waals surface area contributed by atoms with Crippen LogP contribution in [0.5, 0.6) is 11.5 Å². The van der Waals surface area contributed by atoms with E-state index < -0.39 is 30.1 Å². The second-order valence-corrected chi connectivity index (χ2v) is 7.86. The molecule has 15 heteroatoms. The second kappa shape index (κ2) is 14.3. The van der Waals surface area contributed by atoms with Crippen molar-refractivity contribution in [1.29, 1.82) is 0 Å². The van der Waals surface area contributed by atoms with Crippen molar-refractivity contribution in [3.63, 3.8) is 0 Å². The predicted molar refractivity (Wildman–Crippen MR) is 137 cm³/mol. The molecule has 4 amide bonds. The molecular weight excluding hydrogens is 537 g/mol. The van der Waals surface area contributed by atoms with Crippen molar-refractivity contribution in [3.05, 3.63) is 66.6 Å². The number of nitrogens with one attached hydrogen (secondary N) is 4. The van der Waals surface area contributed by atoms with E-state index in [9.17, 15) is 27.6 Å². The van der Waals surface area contributed by atoms with E-state index >= 15 is 0 Å². The zero-order chi connectivity index (χ0) is 29.0. The van der Waals surface area contributed by atoms with Crippen molar-refractivity contribution >= 4 is 29.5 Å². The quantitative estimate of drug-likeness (QED) is 0.244. The van der Waals surface area contributed by atoms with E-state index in [-0.39, 0.29) is 50.2 Å².